The summed E-state index contributed by atoms with van der Waals surface area (Å²) in [6.07, 6.45) is 1.51. The van der Waals surface area contributed by atoms with Crippen LogP contribution in [0.4, 0.5) is 5.69 Å². The average Bonchev–Trinajstić information content (AvgIpc) is 3.14. The van der Waals surface area contributed by atoms with Crippen LogP contribution in [0.15, 0.2) is 48.5 Å². The zero-order chi connectivity index (χ0) is 20.6. The molecule has 0 spiro atoms. The van der Waals surface area contributed by atoms with Crippen LogP contribution in [0.5, 0.6) is 0 Å². The van der Waals surface area contributed by atoms with E-state index in [1.165, 1.54) is 7.05 Å². The van der Waals surface area contributed by atoms with Gasteiger partial charge in [0, 0.05) is 24.7 Å². The van der Waals surface area contributed by atoms with Gasteiger partial charge in [-0.3, -0.25) is 14.4 Å². The molecule has 2 aromatic carbocycles. The molecule has 1 aromatic heterocycles. The van der Waals surface area contributed by atoms with Crippen LogP contribution in [-0.2, 0) is 20.7 Å². The highest BCUT2D eigenvalue weighted by atomic mass is 32.1. The number of para-hydroxylation sites is 1. The fourth-order valence-electron chi connectivity index (χ4n) is 2.71. The number of carbonyl (C=O) groups excluding carboxylic acids is 3. The molecule has 150 valence electrons. The molecule has 0 bridgehead atoms. The topological polar surface area (TPSA) is 97.4 Å². The van der Waals surface area contributed by atoms with Crippen LogP contribution in [0, 0.1) is 0 Å². The van der Waals surface area contributed by atoms with Gasteiger partial charge < -0.3 is 15.4 Å². The minimum atomic E-state index is -0.460. The Morgan fingerprint density at radius 1 is 1.10 bits per heavy atom. The second kappa shape index (κ2) is 9.79. The number of hydrogen-bond acceptors (Lipinski definition) is 6. The number of fused-ring (bicyclic) bond motifs is 1. The van der Waals surface area contributed by atoms with Crippen molar-refractivity contribution in [3.05, 3.63) is 59.1 Å². The Balaban J connectivity index is 1.39. The van der Waals surface area contributed by atoms with Crippen molar-refractivity contribution in [1.29, 1.82) is 0 Å². The van der Waals surface area contributed by atoms with E-state index in [0.717, 1.165) is 15.2 Å². The largest absolute Gasteiger partial charge is 0.456 e. The molecule has 0 saturated carbocycles. The van der Waals surface area contributed by atoms with Crippen molar-refractivity contribution < 1.29 is 19.1 Å². The predicted molar refractivity (Wildman–Crippen MR) is 112 cm³/mol. The first-order chi connectivity index (χ1) is 14.0. The molecule has 1 heterocycles. The Bertz CT molecular complexity index is 998. The molecule has 29 heavy (non-hydrogen) atoms. The lowest BCUT2D eigenvalue weighted by Gasteiger charge is -2.08. The van der Waals surface area contributed by atoms with Crippen molar-refractivity contribution in [3.8, 4) is 0 Å². The number of thiazole rings is 1. The van der Waals surface area contributed by atoms with E-state index >= 15 is 0 Å². The van der Waals surface area contributed by atoms with Crippen LogP contribution in [0.25, 0.3) is 10.2 Å². The van der Waals surface area contributed by atoms with Gasteiger partial charge in [-0.15, -0.1) is 11.3 Å². The number of carbonyl (C=O) groups is 3. The van der Waals surface area contributed by atoms with E-state index in [1.807, 2.05) is 24.3 Å². The number of esters is 1. The van der Waals surface area contributed by atoms with Gasteiger partial charge in [0.05, 0.1) is 15.2 Å². The molecule has 2 N–H and O–H groups in total. The summed E-state index contributed by atoms with van der Waals surface area (Å²) in [4.78, 5) is 40.0. The highest BCUT2D eigenvalue weighted by molar-refractivity contribution is 7.18. The number of aromatic nitrogens is 1. The number of hydrogen-bond donors (Lipinski definition) is 2. The Hall–Kier alpha value is -3.26. The van der Waals surface area contributed by atoms with Gasteiger partial charge >= 0.3 is 5.97 Å². The van der Waals surface area contributed by atoms with Gasteiger partial charge in [0.25, 0.3) is 11.8 Å². The van der Waals surface area contributed by atoms with Crippen LogP contribution < -0.4 is 10.6 Å². The fourth-order valence-corrected chi connectivity index (χ4v) is 3.72. The second-order valence-electron chi connectivity index (χ2n) is 6.30. The quantitative estimate of drug-likeness (QED) is 0.555. The summed E-state index contributed by atoms with van der Waals surface area (Å²) in [5, 5.41) is 6.10. The molecule has 0 unspecified atom stereocenters. The molecule has 3 aromatic rings. The van der Waals surface area contributed by atoms with E-state index in [2.05, 4.69) is 15.6 Å². The Labute approximate surface area is 172 Å². The first-order valence-electron chi connectivity index (χ1n) is 9.17. The summed E-state index contributed by atoms with van der Waals surface area (Å²) in [6, 6.07) is 14.4. The SMILES string of the molecule is CNC(=O)c1cccc(NC(=O)COC(=O)CCCc2nc3ccccc3s2)c1. The Kier molecular flexibility index (Phi) is 6.91. The first-order valence-corrected chi connectivity index (χ1v) is 9.99. The molecule has 2 amide bonds. The molecule has 0 saturated heterocycles. The van der Waals surface area contributed by atoms with Crippen molar-refractivity contribution in [3.63, 3.8) is 0 Å². The second-order valence-corrected chi connectivity index (χ2v) is 7.41. The third-order valence-electron chi connectivity index (χ3n) is 4.11. The number of nitrogens with one attached hydrogen (secondary N) is 2. The summed E-state index contributed by atoms with van der Waals surface area (Å²) in [7, 11) is 1.53. The average molecular weight is 411 g/mol. The third kappa shape index (κ3) is 5.86. The third-order valence-corrected chi connectivity index (χ3v) is 5.21. The number of benzene rings is 2. The highest BCUT2D eigenvalue weighted by Gasteiger charge is 2.10. The maximum atomic E-state index is 12.0. The fraction of sp³-hybridized carbons (Fsp3) is 0.238. The summed E-state index contributed by atoms with van der Waals surface area (Å²) in [5.74, 6) is -1.14. The van der Waals surface area contributed by atoms with Crippen molar-refractivity contribution in [2.45, 2.75) is 19.3 Å². The molecule has 0 aliphatic heterocycles. The number of anilines is 1. The number of amides is 2. The van der Waals surface area contributed by atoms with Gasteiger partial charge in [0.2, 0.25) is 0 Å². The normalized spacial score (nSPS) is 10.5. The Morgan fingerprint density at radius 2 is 1.93 bits per heavy atom. The lowest BCUT2D eigenvalue weighted by atomic mass is 10.2. The van der Waals surface area contributed by atoms with Crippen molar-refractivity contribution in [1.82, 2.24) is 10.3 Å². The Morgan fingerprint density at radius 3 is 2.72 bits per heavy atom. The number of nitrogens with zero attached hydrogens (tertiary/aromatic N) is 1. The predicted octanol–water partition coefficient (Wildman–Crippen LogP) is 3.16. The van der Waals surface area contributed by atoms with Gasteiger partial charge in [-0.05, 0) is 43.2 Å². The lowest BCUT2D eigenvalue weighted by Crippen LogP contribution is -2.21. The minimum Gasteiger partial charge on any atom is -0.456 e. The van der Waals surface area contributed by atoms with Gasteiger partial charge in [-0.2, -0.15) is 0 Å². The summed E-state index contributed by atoms with van der Waals surface area (Å²) < 4.78 is 6.15. The van der Waals surface area contributed by atoms with Crippen LogP contribution in [0.2, 0.25) is 0 Å². The maximum absolute atomic E-state index is 12.0. The molecule has 0 radical (unpaired) electrons. The van der Waals surface area contributed by atoms with E-state index < -0.39 is 11.9 Å². The first kappa shape index (κ1) is 20.5. The van der Waals surface area contributed by atoms with Gasteiger partial charge in [0.15, 0.2) is 6.61 Å². The van der Waals surface area contributed by atoms with Crippen LogP contribution >= 0.6 is 11.3 Å². The van der Waals surface area contributed by atoms with Gasteiger partial charge in [0.1, 0.15) is 0 Å². The minimum absolute atomic E-state index is 0.218. The van der Waals surface area contributed by atoms with E-state index in [4.69, 9.17) is 4.74 Å². The number of ether oxygens (including phenoxy) is 1. The number of aryl methyl sites for hydroxylation is 1. The molecule has 7 nitrogen and oxygen atoms in total. The molecule has 8 heteroatoms. The van der Waals surface area contributed by atoms with Crippen molar-refractivity contribution >= 4 is 45.0 Å². The van der Waals surface area contributed by atoms with E-state index in [-0.39, 0.29) is 18.9 Å². The highest BCUT2D eigenvalue weighted by Crippen LogP contribution is 2.22. The summed E-state index contributed by atoms with van der Waals surface area (Å²) >= 11 is 1.62. The zero-order valence-corrected chi connectivity index (χ0v) is 16.8. The van der Waals surface area contributed by atoms with Gasteiger partial charge in [-0.1, -0.05) is 18.2 Å². The zero-order valence-electron chi connectivity index (χ0n) is 15.9. The molecule has 0 aliphatic carbocycles. The molecule has 0 aliphatic rings. The monoisotopic (exact) mass is 411 g/mol. The molecule has 0 fully saturated rings. The summed E-state index contributed by atoms with van der Waals surface area (Å²) in [6.45, 7) is -0.371. The van der Waals surface area contributed by atoms with Crippen molar-refractivity contribution in [2.24, 2.45) is 0 Å². The van der Waals surface area contributed by atoms with Gasteiger partial charge in [-0.25, -0.2) is 4.98 Å². The molecular formula is C21H21N3O4S. The van der Waals surface area contributed by atoms with Crippen molar-refractivity contribution in [2.75, 3.05) is 19.0 Å². The summed E-state index contributed by atoms with van der Waals surface area (Å²) in [5.41, 5.74) is 1.85. The lowest BCUT2D eigenvalue weighted by molar-refractivity contribution is -0.147. The number of rotatable bonds is 8. The van der Waals surface area contributed by atoms with Crippen LogP contribution in [-0.4, -0.2) is 36.4 Å². The maximum Gasteiger partial charge on any atom is 0.306 e. The van der Waals surface area contributed by atoms with Crippen LogP contribution in [0.1, 0.15) is 28.2 Å². The molecular weight excluding hydrogens is 390 g/mol. The van der Waals surface area contributed by atoms with E-state index in [9.17, 15) is 14.4 Å². The van der Waals surface area contributed by atoms with E-state index in [0.29, 0.717) is 24.1 Å². The smallest absolute Gasteiger partial charge is 0.306 e. The molecule has 0 atom stereocenters. The standard InChI is InChI=1S/C21H21N3O4S/c1-22-21(27)14-6-4-7-15(12-14)23-18(25)13-28-20(26)11-5-10-19-24-16-8-2-3-9-17(16)29-19/h2-4,6-9,12H,5,10-11,13H2,1H3,(H,22,27)(H,23,25). The van der Waals surface area contributed by atoms with E-state index in [1.54, 1.807) is 35.6 Å². The van der Waals surface area contributed by atoms with Crippen LogP contribution in [0.3, 0.4) is 0 Å². The molecule has 3 rings (SSSR count).